The second-order valence-electron chi connectivity index (χ2n) is 4.80. The average Bonchev–Trinajstić information content (AvgIpc) is 3.01. The third-order valence-electron chi connectivity index (χ3n) is 3.67. The van der Waals surface area contributed by atoms with Gasteiger partial charge >= 0.3 is 0 Å². The van der Waals surface area contributed by atoms with Crippen LogP contribution in [-0.4, -0.2) is 27.7 Å². The number of ether oxygens (including phenoxy) is 1. The average molecular weight is 253 g/mol. The van der Waals surface area contributed by atoms with E-state index < -0.39 is 0 Å². The van der Waals surface area contributed by atoms with Crippen LogP contribution in [0, 0.1) is 5.92 Å². The van der Waals surface area contributed by atoms with E-state index in [1.165, 1.54) is 0 Å². The second kappa shape index (κ2) is 6.26. The first-order chi connectivity index (χ1) is 8.81. The normalized spacial score (nSPS) is 25.5. The molecule has 1 fully saturated rings. The Morgan fingerprint density at radius 2 is 2.44 bits per heavy atom. The van der Waals surface area contributed by atoms with E-state index in [-0.39, 0.29) is 12.1 Å². The first kappa shape index (κ1) is 13.5. The maximum absolute atomic E-state index is 5.75. The van der Waals surface area contributed by atoms with Gasteiger partial charge < -0.3 is 4.74 Å². The second-order valence-corrected chi connectivity index (χ2v) is 4.80. The van der Waals surface area contributed by atoms with Gasteiger partial charge in [-0.2, -0.15) is 0 Å². The summed E-state index contributed by atoms with van der Waals surface area (Å²) in [5.41, 5.74) is 3.99. The molecule has 0 radical (unpaired) electrons. The molecule has 3 N–H and O–H groups in total. The van der Waals surface area contributed by atoms with Crippen molar-refractivity contribution in [3.63, 3.8) is 0 Å². The summed E-state index contributed by atoms with van der Waals surface area (Å²) in [5, 5.41) is 8.14. The van der Waals surface area contributed by atoms with Crippen molar-refractivity contribution < 1.29 is 4.74 Å². The fourth-order valence-corrected chi connectivity index (χ4v) is 2.79. The van der Waals surface area contributed by atoms with Crippen LogP contribution >= 0.6 is 0 Å². The number of aryl methyl sites for hydroxylation is 1. The van der Waals surface area contributed by atoms with Gasteiger partial charge in [-0.25, -0.2) is 4.68 Å². The molecule has 3 atom stereocenters. The lowest BCUT2D eigenvalue weighted by Gasteiger charge is -2.26. The SMILES string of the molecule is CCCn1nncc1C(NN)C1CCOC1CC. The number of rotatable bonds is 6. The lowest BCUT2D eigenvalue weighted by molar-refractivity contribution is 0.0763. The highest BCUT2D eigenvalue weighted by molar-refractivity contribution is 5.06. The highest BCUT2D eigenvalue weighted by Crippen LogP contribution is 2.34. The molecule has 1 aromatic heterocycles. The van der Waals surface area contributed by atoms with Gasteiger partial charge in [0.2, 0.25) is 0 Å². The van der Waals surface area contributed by atoms with Crippen molar-refractivity contribution >= 4 is 0 Å². The molecular formula is C12H23N5O. The van der Waals surface area contributed by atoms with Crippen LogP contribution in [0.5, 0.6) is 0 Å². The van der Waals surface area contributed by atoms with E-state index in [2.05, 4.69) is 29.6 Å². The van der Waals surface area contributed by atoms with Crippen molar-refractivity contribution in [2.75, 3.05) is 6.61 Å². The quantitative estimate of drug-likeness (QED) is 0.584. The smallest absolute Gasteiger partial charge is 0.0773 e. The highest BCUT2D eigenvalue weighted by atomic mass is 16.5. The largest absolute Gasteiger partial charge is 0.378 e. The molecule has 0 bridgehead atoms. The fourth-order valence-electron chi connectivity index (χ4n) is 2.79. The number of hydrogen-bond acceptors (Lipinski definition) is 5. The lowest BCUT2D eigenvalue weighted by Crippen LogP contribution is -2.38. The van der Waals surface area contributed by atoms with Gasteiger partial charge in [0.05, 0.1) is 24.0 Å². The number of nitrogens with zero attached hydrogens (tertiary/aromatic N) is 3. The lowest BCUT2D eigenvalue weighted by atomic mass is 9.90. The van der Waals surface area contributed by atoms with E-state index in [0.717, 1.165) is 38.1 Å². The van der Waals surface area contributed by atoms with E-state index in [9.17, 15) is 0 Å². The van der Waals surface area contributed by atoms with Gasteiger partial charge in [-0.05, 0) is 19.3 Å². The molecular weight excluding hydrogens is 230 g/mol. The Bertz CT molecular complexity index is 367. The zero-order valence-electron chi connectivity index (χ0n) is 11.2. The van der Waals surface area contributed by atoms with E-state index in [1.807, 2.05) is 10.9 Å². The highest BCUT2D eigenvalue weighted by Gasteiger charge is 2.35. The molecule has 0 amide bonds. The monoisotopic (exact) mass is 253 g/mol. The van der Waals surface area contributed by atoms with E-state index in [0.29, 0.717) is 5.92 Å². The molecule has 2 heterocycles. The number of nitrogens with one attached hydrogen (secondary N) is 1. The Morgan fingerprint density at radius 3 is 3.11 bits per heavy atom. The van der Waals surface area contributed by atoms with Gasteiger partial charge in [0.1, 0.15) is 0 Å². The Morgan fingerprint density at radius 1 is 1.61 bits per heavy atom. The number of aromatic nitrogens is 3. The first-order valence-electron chi connectivity index (χ1n) is 6.77. The minimum atomic E-state index is 0.0685. The number of hydrazine groups is 1. The maximum Gasteiger partial charge on any atom is 0.0773 e. The predicted molar refractivity (Wildman–Crippen MR) is 68.5 cm³/mol. The van der Waals surface area contributed by atoms with Crippen molar-refractivity contribution in [3.05, 3.63) is 11.9 Å². The molecule has 1 aliphatic rings. The van der Waals surface area contributed by atoms with Gasteiger partial charge in [-0.3, -0.25) is 11.3 Å². The topological polar surface area (TPSA) is 78.0 Å². The molecule has 1 aromatic rings. The molecule has 18 heavy (non-hydrogen) atoms. The molecule has 6 heteroatoms. The number of nitrogens with two attached hydrogens (primary N) is 1. The van der Waals surface area contributed by atoms with Crippen LogP contribution in [-0.2, 0) is 11.3 Å². The van der Waals surface area contributed by atoms with Crippen LogP contribution in [0.25, 0.3) is 0 Å². The van der Waals surface area contributed by atoms with Gasteiger partial charge in [-0.15, -0.1) is 5.10 Å². The molecule has 3 unspecified atom stereocenters. The summed E-state index contributed by atoms with van der Waals surface area (Å²) in [4.78, 5) is 0. The summed E-state index contributed by atoms with van der Waals surface area (Å²) in [6.45, 7) is 5.97. The minimum absolute atomic E-state index is 0.0685. The Kier molecular flexibility index (Phi) is 4.68. The van der Waals surface area contributed by atoms with Crippen molar-refractivity contribution in [1.82, 2.24) is 20.4 Å². The molecule has 1 saturated heterocycles. The summed E-state index contributed by atoms with van der Waals surface area (Å²) in [6.07, 6.45) is 5.16. The third kappa shape index (κ3) is 2.55. The summed E-state index contributed by atoms with van der Waals surface area (Å²) in [7, 11) is 0. The standard InChI is InChI=1S/C12H23N5O/c1-3-6-17-10(8-14-16-17)12(15-13)9-5-7-18-11(9)4-2/h8-9,11-12,15H,3-7,13H2,1-2H3. The van der Waals surface area contributed by atoms with E-state index >= 15 is 0 Å². The van der Waals surface area contributed by atoms with Crippen molar-refractivity contribution in [2.45, 2.75) is 51.8 Å². The fraction of sp³-hybridized carbons (Fsp3) is 0.833. The van der Waals surface area contributed by atoms with Gasteiger partial charge in [0, 0.05) is 19.1 Å². The summed E-state index contributed by atoms with van der Waals surface area (Å²) >= 11 is 0. The molecule has 6 nitrogen and oxygen atoms in total. The molecule has 2 rings (SSSR count). The van der Waals surface area contributed by atoms with Crippen molar-refractivity contribution in [2.24, 2.45) is 11.8 Å². The zero-order valence-corrected chi connectivity index (χ0v) is 11.2. The van der Waals surface area contributed by atoms with Crippen LogP contribution in [0.15, 0.2) is 6.20 Å². The van der Waals surface area contributed by atoms with Crippen LogP contribution in [0.2, 0.25) is 0 Å². The van der Waals surface area contributed by atoms with Gasteiger partial charge in [0.15, 0.2) is 0 Å². The summed E-state index contributed by atoms with van der Waals surface area (Å²) < 4.78 is 7.69. The summed E-state index contributed by atoms with van der Waals surface area (Å²) in [6, 6.07) is 0.0685. The molecule has 0 spiro atoms. The van der Waals surface area contributed by atoms with Crippen LogP contribution < -0.4 is 11.3 Å². The van der Waals surface area contributed by atoms with Gasteiger partial charge in [0.25, 0.3) is 0 Å². The Balaban J connectivity index is 2.19. The van der Waals surface area contributed by atoms with E-state index in [1.54, 1.807) is 0 Å². The Labute approximate surface area is 108 Å². The molecule has 102 valence electrons. The maximum atomic E-state index is 5.75. The van der Waals surface area contributed by atoms with Crippen molar-refractivity contribution in [1.29, 1.82) is 0 Å². The molecule has 0 saturated carbocycles. The van der Waals surface area contributed by atoms with Crippen LogP contribution in [0.4, 0.5) is 0 Å². The van der Waals surface area contributed by atoms with Crippen LogP contribution in [0.1, 0.15) is 44.8 Å². The third-order valence-corrected chi connectivity index (χ3v) is 3.67. The predicted octanol–water partition coefficient (Wildman–Crippen LogP) is 1.01. The number of hydrogen-bond donors (Lipinski definition) is 2. The Hall–Kier alpha value is -0.980. The van der Waals surface area contributed by atoms with Crippen molar-refractivity contribution in [3.8, 4) is 0 Å². The zero-order chi connectivity index (χ0) is 13.0. The van der Waals surface area contributed by atoms with E-state index in [4.69, 9.17) is 10.6 Å². The van der Waals surface area contributed by atoms with Crippen LogP contribution in [0.3, 0.4) is 0 Å². The molecule has 0 aromatic carbocycles. The summed E-state index contributed by atoms with van der Waals surface area (Å²) in [5.74, 6) is 6.15. The minimum Gasteiger partial charge on any atom is -0.378 e. The van der Waals surface area contributed by atoms with Gasteiger partial charge in [-0.1, -0.05) is 19.1 Å². The molecule has 0 aliphatic carbocycles. The first-order valence-corrected chi connectivity index (χ1v) is 6.77. The molecule has 1 aliphatic heterocycles.